The Morgan fingerprint density at radius 1 is 1.18 bits per heavy atom. The molecular weight excluding hydrogens is 284 g/mol. The highest BCUT2D eigenvalue weighted by Crippen LogP contribution is 2.31. The van der Waals surface area contributed by atoms with Crippen molar-refractivity contribution in [3.05, 3.63) is 46.4 Å². The number of methoxy groups -OCH3 is 2. The Balaban J connectivity index is 2.14. The molecule has 0 unspecified atom stereocenters. The summed E-state index contributed by atoms with van der Waals surface area (Å²) in [4.78, 5) is 16.3. The second kappa shape index (κ2) is 5.53. The average Bonchev–Trinajstić information content (AvgIpc) is 2.98. The Kier molecular flexibility index (Phi) is 3.56. The fourth-order valence-corrected chi connectivity index (χ4v) is 2.30. The van der Waals surface area contributed by atoms with Gasteiger partial charge in [-0.05, 0) is 18.2 Å². The summed E-state index contributed by atoms with van der Waals surface area (Å²) in [5.41, 5.74) is 8.04. The first-order valence-corrected chi connectivity index (χ1v) is 6.70. The number of nitrogens with one attached hydrogen (secondary N) is 1. The Labute approximate surface area is 126 Å². The third kappa shape index (κ3) is 2.31. The molecule has 0 aliphatic heterocycles. The van der Waals surface area contributed by atoms with Crippen LogP contribution in [0.3, 0.4) is 0 Å². The van der Waals surface area contributed by atoms with Crippen molar-refractivity contribution >= 4 is 5.65 Å². The smallest absolute Gasteiger partial charge is 0.272 e. The van der Waals surface area contributed by atoms with Gasteiger partial charge in [0.1, 0.15) is 0 Å². The fourth-order valence-electron chi connectivity index (χ4n) is 2.30. The summed E-state index contributed by atoms with van der Waals surface area (Å²) in [6.45, 7) is 0.225. The maximum Gasteiger partial charge on any atom is 0.272 e. The third-order valence-electron chi connectivity index (χ3n) is 3.41. The van der Waals surface area contributed by atoms with Crippen molar-refractivity contribution < 1.29 is 9.47 Å². The van der Waals surface area contributed by atoms with Crippen molar-refractivity contribution in [2.75, 3.05) is 14.2 Å². The number of hydrogen-bond donors (Lipinski definition) is 2. The molecule has 0 radical (unpaired) electrons. The number of benzene rings is 1. The molecule has 22 heavy (non-hydrogen) atoms. The maximum atomic E-state index is 12.0. The Bertz CT molecular complexity index is 882. The van der Waals surface area contributed by atoms with Crippen LogP contribution in [0.2, 0.25) is 0 Å². The summed E-state index contributed by atoms with van der Waals surface area (Å²) >= 11 is 0. The third-order valence-corrected chi connectivity index (χ3v) is 3.41. The van der Waals surface area contributed by atoms with E-state index in [0.29, 0.717) is 22.8 Å². The zero-order valence-electron chi connectivity index (χ0n) is 12.3. The number of aromatic amines is 1. The molecule has 1 aromatic carbocycles. The zero-order valence-corrected chi connectivity index (χ0v) is 12.3. The van der Waals surface area contributed by atoms with Gasteiger partial charge in [0, 0.05) is 24.2 Å². The van der Waals surface area contributed by atoms with Crippen LogP contribution in [0.1, 0.15) is 5.69 Å². The lowest BCUT2D eigenvalue weighted by atomic mass is 10.1. The molecule has 0 saturated carbocycles. The van der Waals surface area contributed by atoms with Gasteiger partial charge in [0.2, 0.25) is 0 Å². The lowest BCUT2D eigenvalue weighted by molar-refractivity contribution is 0.355. The molecule has 0 aliphatic rings. The molecule has 3 aromatic rings. The number of hydrogen-bond acceptors (Lipinski definition) is 5. The van der Waals surface area contributed by atoms with Gasteiger partial charge in [-0.15, -0.1) is 0 Å². The number of ether oxygens (including phenoxy) is 2. The Morgan fingerprint density at radius 2 is 1.95 bits per heavy atom. The van der Waals surface area contributed by atoms with Crippen LogP contribution in [0.15, 0.2) is 35.1 Å². The van der Waals surface area contributed by atoms with Gasteiger partial charge in [0.05, 0.1) is 25.6 Å². The van der Waals surface area contributed by atoms with E-state index in [1.165, 1.54) is 10.6 Å². The van der Waals surface area contributed by atoms with E-state index in [0.717, 1.165) is 11.3 Å². The van der Waals surface area contributed by atoms with Crippen molar-refractivity contribution in [2.45, 2.75) is 6.54 Å². The standard InChI is InChI=1S/C15H16N4O3/c1-21-12-4-3-9(5-13(12)22-2)11-7-14-17-10(8-16)6-15(20)19(14)18-11/h3-7,18H,8,16H2,1-2H3. The minimum Gasteiger partial charge on any atom is -0.493 e. The van der Waals surface area contributed by atoms with Gasteiger partial charge in [-0.25, -0.2) is 9.50 Å². The van der Waals surface area contributed by atoms with Crippen molar-refractivity contribution in [2.24, 2.45) is 5.73 Å². The van der Waals surface area contributed by atoms with Gasteiger partial charge in [-0.2, -0.15) is 0 Å². The van der Waals surface area contributed by atoms with Gasteiger partial charge >= 0.3 is 0 Å². The normalized spacial score (nSPS) is 10.9. The monoisotopic (exact) mass is 300 g/mol. The lowest BCUT2D eigenvalue weighted by Gasteiger charge is -2.08. The minimum absolute atomic E-state index is 0.197. The van der Waals surface area contributed by atoms with E-state index in [9.17, 15) is 4.79 Å². The van der Waals surface area contributed by atoms with E-state index in [-0.39, 0.29) is 12.1 Å². The van der Waals surface area contributed by atoms with E-state index in [2.05, 4.69) is 10.1 Å². The molecule has 114 valence electrons. The van der Waals surface area contributed by atoms with Crippen molar-refractivity contribution in [1.29, 1.82) is 0 Å². The predicted molar refractivity (Wildman–Crippen MR) is 82.2 cm³/mol. The van der Waals surface area contributed by atoms with Gasteiger partial charge < -0.3 is 15.2 Å². The molecule has 0 atom stereocenters. The predicted octanol–water partition coefficient (Wildman–Crippen LogP) is 1.17. The number of fused-ring (bicyclic) bond motifs is 1. The van der Waals surface area contributed by atoms with Crippen molar-refractivity contribution in [3.63, 3.8) is 0 Å². The van der Waals surface area contributed by atoms with Gasteiger partial charge in [-0.1, -0.05) is 0 Å². The van der Waals surface area contributed by atoms with E-state index < -0.39 is 0 Å². The van der Waals surface area contributed by atoms with Gasteiger partial charge in [-0.3, -0.25) is 9.89 Å². The van der Waals surface area contributed by atoms with E-state index in [1.54, 1.807) is 26.4 Å². The van der Waals surface area contributed by atoms with Crippen molar-refractivity contribution in [1.82, 2.24) is 14.6 Å². The largest absolute Gasteiger partial charge is 0.493 e. The average molecular weight is 300 g/mol. The molecule has 0 saturated heterocycles. The van der Waals surface area contributed by atoms with E-state index >= 15 is 0 Å². The molecule has 7 nitrogen and oxygen atoms in total. The molecule has 0 amide bonds. The minimum atomic E-state index is -0.197. The molecular formula is C15H16N4O3. The van der Waals surface area contributed by atoms with E-state index in [4.69, 9.17) is 15.2 Å². The van der Waals surface area contributed by atoms with Crippen LogP contribution in [0.4, 0.5) is 0 Å². The van der Waals surface area contributed by atoms with Crippen LogP contribution >= 0.6 is 0 Å². The second-order valence-corrected chi connectivity index (χ2v) is 4.72. The topological polar surface area (TPSA) is 94.6 Å². The number of nitrogens with zero attached hydrogens (tertiary/aromatic N) is 2. The molecule has 3 N–H and O–H groups in total. The number of rotatable bonds is 4. The van der Waals surface area contributed by atoms with Crippen LogP contribution in [-0.4, -0.2) is 28.8 Å². The fraction of sp³-hybridized carbons (Fsp3) is 0.200. The van der Waals surface area contributed by atoms with Gasteiger partial charge in [0.25, 0.3) is 5.56 Å². The Morgan fingerprint density at radius 3 is 2.64 bits per heavy atom. The summed E-state index contributed by atoms with van der Waals surface area (Å²) < 4.78 is 11.9. The van der Waals surface area contributed by atoms with Crippen LogP contribution in [-0.2, 0) is 6.54 Å². The summed E-state index contributed by atoms with van der Waals surface area (Å²) in [5.74, 6) is 1.25. The number of H-pyrrole nitrogens is 1. The molecule has 0 spiro atoms. The molecule has 0 bridgehead atoms. The first kappa shape index (κ1) is 14.2. The highest BCUT2D eigenvalue weighted by atomic mass is 16.5. The van der Waals surface area contributed by atoms with E-state index in [1.807, 2.05) is 12.1 Å². The summed E-state index contributed by atoms with van der Waals surface area (Å²) in [5, 5.41) is 3.02. The van der Waals surface area contributed by atoms with Crippen LogP contribution in [0.25, 0.3) is 16.9 Å². The SMILES string of the molecule is COc1ccc(-c2cc3nc(CN)cc(=O)n3[nH]2)cc1OC. The number of aromatic nitrogens is 3. The first-order valence-electron chi connectivity index (χ1n) is 6.70. The van der Waals surface area contributed by atoms with Gasteiger partial charge in [0.15, 0.2) is 17.1 Å². The number of nitrogens with two attached hydrogens (primary N) is 1. The highest BCUT2D eigenvalue weighted by Gasteiger charge is 2.10. The second-order valence-electron chi connectivity index (χ2n) is 4.72. The highest BCUT2D eigenvalue weighted by molar-refractivity contribution is 5.67. The molecule has 0 fully saturated rings. The summed E-state index contributed by atoms with van der Waals surface area (Å²) in [6, 6.07) is 8.73. The zero-order chi connectivity index (χ0) is 15.7. The Hall–Kier alpha value is -2.80. The molecule has 3 rings (SSSR count). The van der Waals surface area contributed by atoms with Crippen LogP contribution in [0.5, 0.6) is 11.5 Å². The quantitative estimate of drug-likeness (QED) is 0.754. The maximum absolute atomic E-state index is 12.0. The van der Waals surface area contributed by atoms with Crippen LogP contribution < -0.4 is 20.8 Å². The summed E-state index contributed by atoms with van der Waals surface area (Å²) in [6.07, 6.45) is 0. The molecule has 2 heterocycles. The molecule has 2 aromatic heterocycles. The molecule has 7 heteroatoms. The lowest BCUT2D eigenvalue weighted by Crippen LogP contribution is -2.16. The van der Waals surface area contributed by atoms with Crippen molar-refractivity contribution in [3.8, 4) is 22.8 Å². The molecule has 0 aliphatic carbocycles. The first-order chi connectivity index (χ1) is 10.7. The summed E-state index contributed by atoms with van der Waals surface area (Å²) in [7, 11) is 3.16. The van der Waals surface area contributed by atoms with Crippen LogP contribution in [0, 0.1) is 0 Å².